The van der Waals surface area contributed by atoms with E-state index in [1.54, 1.807) is 29.0 Å². The van der Waals surface area contributed by atoms with Crippen molar-refractivity contribution in [1.82, 2.24) is 14.9 Å². The van der Waals surface area contributed by atoms with E-state index in [0.717, 1.165) is 22.6 Å². The van der Waals surface area contributed by atoms with Crippen LogP contribution in [0, 0.1) is 13.8 Å². The van der Waals surface area contributed by atoms with Crippen molar-refractivity contribution < 1.29 is 0 Å². The number of hydrogen-bond donors (Lipinski definition) is 1. The van der Waals surface area contributed by atoms with E-state index < -0.39 is 0 Å². The van der Waals surface area contributed by atoms with Gasteiger partial charge in [0.15, 0.2) is 0 Å². The number of nitrogens with zero attached hydrogens (tertiary/aromatic N) is 3. The molecule has 6 heteroatoms. The molecule has 0 spiro atoms. The average Bonchev–Trinajstić information content (AvgIpc) is 3.09. The van der Waals surface area contributed by atoms with Gasteiger partial charge in [0.05, 0.1) is 11.4 Å². The molecule has 1 N–H and O–H groups in total. The summed E-state index contributed by atoms with van der Waals surface area (Å²) in [6, 6.07) is 4.63. The Balaban J connectivity index is 1.87. The summed E-state index contributed by atoms with van der Waals surface area (Å²) in [5, 5.41) is 6.82. The molecule has 4 nitrogen and oxygen atoms in total. The van der Waals surface area contributed by atoms with E-state index in [-0.39, 0.29) is 0 Å². The van der Waals surface area contributed by atoms with Gasteiger partial charge in [0.2, 0.25) is 0 Å². The minimum absolute atomic E-state index is 0.338. The normalized spacial score (nSPS) is 13.0. The minimum atomic E-state index is 0.338. The molecule has 1 atom stereocenters. The number of aryl methyl sites for hydroxylation is 2. The van der Waals surface area contributed by atoms with Crippen molar-refractivity contribution in [3.63, 3.8) is 0 Å². The van der Waals surface area contributed by atoms with Gasteiger partial charge in [0, 0.05) is 16.3 Å². The lowest BCUT2D eigenvalue weighted by Crippen LogP contribution is -2.26. The van der Waals surface area contributed by atoms with Gasteiger partial charge in [0.25, 0.3) is 0 Å². The Labute approximate surface area is 138 Å². The third-order valence-corrected chi connectivity index (χ3v) is 6.01. The third kappa shape index (κ3) is 2.86. The van der Waals surface area contributed by atoms with Gasteiger partial charge in [0.1, 0.15) is 17.0 Å². The lowest BCUT2D eigenvalue weighted by molar-refractivity contribution is 0.316. The molecule has 116 valence electrons. The summed E-state index contributed by atoms with van der Waals surface area (Å²) in [6.07, 6.45) is 1.65. The Bertz CT molecular complexity index is 762. The number of anilines is 1. The molecule has 0 amide bonds. The Kier molecular flexibility index (Phi) is 4.42. The van der Waals surface area contributed by atoms with Crippen LogP contribution in [0.5, 0.6) is 0 Å². The first-order chi connectivity index (χ1) is 10.6. The van der Waals surface area contributed by atoms with Gasteiger partial charge in [-0.25, -0.2) is 9.97 Å². The number of thiophene rings is 2. The largest absolute Gasteiger partial charge is 0.367 e. The van der Waals surface area contributed by atoms with Gasteiger partial charge in [-0.2, -0.15) is 0 Å². The van der Waals surface area contributed by atoms with Gasteiger partial charge in [-0.3, -0.25) is 0 Å². The van der Waals surface area contributed by atoms with Crippen LogP contribution in [0.2, 0.25) is 0 Å². The van der Waals surface area contributed by atoms with Crippen LogP contribution in [0.4, 0.5) is 5.82 Å². The average molecular weight is 332 g/mol. The van der Waals surface area contributed by atoms with Crippen molar-refractivity contribution in [2.45, 2.75) is 19.9 Å². The second-order valence-corrected chi connectivity index (χ2v) is 7.74. The zero-order chi connectivity index (χ0) is 15.7. The molecule has 0 fully saturated rings. The van der Waals surface area contributed by atoms with Crippen LogP contribution in [0.1, 0.15) is 21.4 Å². The fourth-order valence-electron chi connectivity index (χ4n) is 2.53. The van der Waals surface area contributed by atoms with E-state index in [0.29, 0.717) is 6.04 Å². The van der Waals surface area contributed by atoms with E-state index in [2.05, 4.69) is 65.6 Å². The molecule has 0 aromatic carbocycles. The highest BCUT2D eigenvalue weighted by Crippen LogP contribution is 2.33. The van der Waals surface area contributed by atoms with Gasteiger partial charge >= 0.3 is 0 Å². The first kappa shape index (κ1) is 15.4. The molecule has 3 rings (SSSR count). The van der Waals surface area contributed by atoms with Crippen molar-refractivity contribution >= 4 is 38.7 Å². The molecule has 0 saturated carbocycles. The Hall–Kier alpha value is -1.50. The molecular formula is C16H20N4S2. The van der Waals surface area contributed by atoms with Crippen molar-refractivity contribution in [3.8, 4) is 0 Å². The van der Waals surface area contributed by atoms with E-state index >= 15 is 0 Å². The van der Waals surface area contributed by atoms with Crippen LogP contribution in [0.25, 0.3) is 10.2 Å². The maximum absolute atomic E-state index is 4.46. The monoisotopic (exact) mass is 332 g/mol. The van der Waals surface area contributed by atoms with Crippen molar-refractivity contribution in [2.75, 3.05) is 26.0 Å². The molecule has 3 aromatic rings. The van der Waals surface area contributed by atoms with Crippen molar-refractivity contribution in [3.05, 3.63) is 39.2 Å². The fraction of sp³-hybridized carbons (Fsp3) is 0.375. The summed E-state index contributed by atoms with van der Waals surface area (Å²) in [5.74, 6) is 0.940. The van der Waals surface area contributed by atoms with E-state index in [9.17, 15) is 0 Å². The van der Waals surface area contributed by atoms with Gasteiger partial charge in [-0.15, -0.1) is 22.7 Å². The SMILES string of the molecule is Cc1sc2ncnc(NCC(c3cccs3)N(C)C)c2c1C. The van der Waals surface area contributed by atoms with E-state index in [4.69, 9.17) is 0 Å². The Morgan fingerprint density at radius 1 is 1.27 bits per heavy atom. The molecule has 0 aliphatic heterocycles. The van der Waals surface area contributed by atoms with Crippen molar-refractivity contribution in [2.24, 2.45) is 0 Å². The summed E-state index contributed by atoms with van der Waals surface area (Å²) in [7, 11) is 4.23. The molecule has 0 bridgehead atoms. The second kappa shape index (κ2) is 6.32. The molecular weight excluding hydrogens is 312 g/mol. The minimum Gasteiger partial charge on any atom is -0.367 e. The fourth-order valence-corrected chi connectivity index (χ4v) is 4.45. The number of hydrogen-bond acceptors (Lipinski definition) is 6. The standard InChI is InChI=1S/C16H20N4S2/c1-10-11(2)22-16-14(10)15(18-9-19-16)17-8-12(20(3)4)13-6-5-7-21-13/h5-7,9,12H,8H2,1-4H3,(H,17,18,19). The predicted molar refractivity (Wildman–Crippen MR) is 96.1 cm³/mol. The molecule has 3 heterocycles. The van der Waals surface area contributed by atoms with Gasteiger partial charge in [-0.1, -0.05) is 6.07 Å². The van der Waals surface area contributed by atoms with Crippen LogP contribution in [0.15, 0.2) is 23.8 Å². The molecule has 3 aromatic heterocycles. The van der Waals surface area contributed by atoms with E-state index in [1.807, 2.05) is 0 Å². The maximum atomic E-state index is 4.46. The molecule has 0 aliphatic rings. The zero-order valence-electron chi connectivity index (χ0n) is 13.3. The molecule has 22 heavy (non-hydrogen) atoms. The summed E-state index contributed by atoms with van der Waals surface area (Å²) < 4.78 is 0. The van der Waals surface area contributed by atoms with Gasteiger partial charge in [-0.05, 0) is 45.0 Å². The zero-order valence-corrected chi connectivity index (χ0v) is 14.9. The lowest BCUT2D eigenvalue weighted by atomic mass is 10.2. The first-order valence-electron chi connectivity index (χ1n) is 7.22. The first-order valence-corrected chi connectivity index (χ1v) is 8.92. The highest BCUT2D eigenvalue weighted by Gasteiger charge is 2.17. The highest BCUT2D eigenvalue weighted by atomic mass is 32.1. The van der Waals surface area contributed by atoms with Crippen LogP contribution in [-0.2, 0) is 0 Å². The quantitative estimate of drug-likeness (QED) is 0.764. The van der Waals surface area contributed by atoms with Crippen LogP contribution in [-0.4, -0.2) is 35.5 Å². The smallest absolute Gasteiger partial charge is 0.138 e. The highest BCUT2D eigenvalue weighted by molar-refractivity contribution is 7.18. The maximum Gasteiger partial charge on any atom is 0.138 e. The number of likely N-dealkylation sites (N-methyl/N-ethyl adjacent to an activating group) is 1. The molecule has 1 unspecified atom stereocenters. The van der Waals surface area contributed by atoms with Crippen LogP contribution >= 0.6 is 22.7 Å². The number of fused-ring (bicyclic) bond motifs is 1. The predicted octanol–water partition coefficient (Wildman–Crippen LogP) is 4.08. The summed E-state index contributed by atoms with van der Waals surface area (Å²) >= 11 is 3.52. The second-order valence-electron chi connectivity index (χ2n) is 5.56. The molecule has 0 radical (unpaired) electrons. The lowest BCUT2D eigenvalue weighted by Gasteiger charge is -2.24. The summed E-state index contributed by atoms with van der Waals surface area (Å²) in [4.78, 5) is 14.8. The Morgan fingerprint density at radius 2 is 2.09 bits per heavy atom. The summed E-state index contributed by atoms with van der Waals surface area (Å²) in [6.45, 7) is 5.11. The number of rotatable bonds is 5. The van der Waals surface area contributed by atoms with E-state index in [1.165, 1.54) is 15.3 Å². The topological polar surface area (TPSA) is 41.1 Å². The molecule has 0 aliphatic carbocycles. The van der Waals surface area contributed by atoms with Crippen LogP contribution in [0.3, 0.4) is 0 Å². The van der Waals surface area contributed by atoms with Crippen LogP contribution < -0.4 is 5.32 Å². The summed E-state index contributed by atoms with van der Waals surface area (Å²) in [5.41, 5.74) is 1.28. The molecule has 0 saturated heterocycles. The Morgan fingerprint density at radius 3 is 2.77 bits per heavy atom. The third-order valence-electron chi connectivity index (χ3n) is 3.92. The van der Waals surface area contributed by atoms with Crippen molar-refractivity contribution in [1.29, 1.82) is 0 Å². The number of nitrogens with one attached hydrogen (secondary N) is 1. The van der Waals surface area contributed by atoms with Gasteiger partial charge < -0.3 is 10.2 Å². The number of aromatic nitrogens is 2.